The molecule has 0 saturated carbocycles. The second-order valence-corrected chi connectivity index (χ2v) is 3.78. The fourth-order valence-corrected chi connectivity index (χ4v) is 1.46. The van der Waals surface area contributed by atoms with Crippen molar-refractivity contribution in [2.45, 2.75) is 20.6 Å². The molecule has 4 N–H and O–H groups in total. The number of hydrogen-bond donors (Lipinski definition) is 3. The van der Waals surface area contributed by atoms with Crippen LogP contribution in [0.4, 0.5) is 5.82 Å². The van der Waals surface area contributed by atoms with Gasteiger partial charge in [0.15, 0.2) is 11.8 Å². The number of pyridine rings is 1. The van der Waals surface area contributed by atoms with Gasteiger partial charge < -0.3 is 20.5 Å². The van der Waals surface area contributed by atoms with Gasteiger partial charge in [0, 0.05) is 6.20 Å². The van der Waals surface area contributed by atoms with E-state index in [1.54, 1.807) is 12.3 Å². The van der Waals surface area contributed by atoms with Gasteiger partial charge in [0.1, 0.15) is 0 Å². The molecule has 6 nitrogen and oxygen atoms in total. The second kappa shape index (κ2) is 5.70. The van der Waals surface area contributed by atoms with Crippen molar-refractivity contribution in [3.8, 4) is 0 Å². The van der Waals surface area contributed by atoms with Gasteiger partial charge in [0.25, 0.3) is 0 Å². The smallest absolute Gasteiger partial charge is 0.400 e. The van der Waals surface area contributed by atoms with Gasteiger partial charge in [-0.3, -0.25) is 0 Å². The molecule has 17 heavy (non-hydrogen) atoms. The quantitative estimate of drug-likeness (QED) is 0.384. The first-order valence-electron chi connectivity index (χ1n) is 5.33. The zero-order chi connectivity index (χ0) is 13.0. The molecule has 1 rings (SSSR count). The van der Waals surface area contributed by atoms with Crippen molar-refractivity contribution < 1.29 is 10.0 Å². The van der Waals surface area contributed by atoms with E-state index >= 15 is 0 Å². The lowest BCUT2D eigenvalue weighted by molar-refractivity contribution is 0.488. The molecule has 0 atom stereocenters. The van der Waals surface area contributed by atoms with Crippen LogP contribution in [-0.2, 0) is 0 Å². The minimum absolute atomic E-state index is 0.0248. The topological polar surface area (TPSA) is 95.0 Å². The number of aliphatic imine (C=N–C) groups is 1. The van der Waals surface area contributed by atoms with Crippen LogP contribution in [0.2, 0.25) is 13.6 Å². The number of aryl methyl sites for hydroxylation is 1. The molecule has 0 radical (unpaired) electrons. The molecule has 0 amide bonds. The Kier molecular flexibility index (Phi) is 4.53. The number of aromatic nitrogens is 1. The fraction of sp³-hybridized carbons (Fsp3) is 0.333. The predicted octanol–water partition coefficient (Wildman–Crippen LogP) is -0.141. The third-order valence-electron chi connectivity index (χ3n) is 2.27. The van der Waals surface area contributed by atoms with E-state index in [-0.39, 0.29) is 5.96 Å². The summed E-state index contributed by atoms with van der Waals surface area (Å²) in [5, 5.41) is 19.0. The van der Waals surface area contributed by atoms with Crippen molar-refractivity contribution in [3.05, 3.63) is 23.9 Å². The molecule has 0 saturated heterocycles. The lowest BCUT2D eigenvalue weighted by Crippen LogP contribution is -2.53. The van der Waals surface area contributed by atoms with Crippen LogP contribution in [0.3, 0.4) is 0 Å². The van der Waals surface area contributed by atoms with Gasteiger partial charge in [-0.2, -0.15) is 4.99 Å². The molecule has 0 bridgehead atoms. The minimum atomic E-state index is -0.928. The van der Waals surface area contributed by atoms with E-state index < -0.39 is 14.1 Å². The van der Waals surface area contributed by atoms with Gasteiger partial charge in [0.05, 0.1) is 0 Å². The largest absolute Gasteiger partial charge is 0.433 e. The third-order valence-corrected chi connectivity index (χ3v) is 2.27. The Bertz CT molecular complexity index is 404. The van der Waals surface area contributed by atoms with Gasteiger partial charge >= 0.3 is 14.1 Å². The maximum Gasteiger partial charge on any atom is 0.400 e. The Labute approximate surface area is 101 Å². The second-order valence-electron chi connectivity index (χ2n) is 3.78. The molecular weight excluding hydrogens is 218 g/mol. The minimum Gasteiger partial charge on any atom is -0.433 e. The zero-order valence-corrected chi connectivity index (χ0v) is 10.2. The summed E-state index contributed by atoms with van der Waals surface area (Å²) < 4.78 is 1.19. The Morgan fingerprint density at radius 2 is 2.00 bits per heavy atom. The number of nitrogens with two attached hydrogens (primary N) is 1. The molecule has 0 spiro atoms. The normalized spacial score (nSPS) is 11.2. The molecule has 0 aromatic carbocycles. The van der Waals surface area contributed by atoms with Crippen molar-refractivity contribution in [2.24, 2.45) is 10.7 Å². The van der Waals surface area contributed by atoms with E-state index in [0.29, 0.717) is 5.82 Å². The summed E-state index contributed by atoms with van der Waals surface area (Å²) in [4.78, 5) is 8.15. The summed E-state index contributed by atoms with van der Waals surface area (Å²) in [6.07, 6.45) is 1.61. The lowest BCUT2D eigenvalue weighted by Gasteiger charge is -2.25. The Morgan fingerprint density at radius 3 is 2.47 bits per heavy atom. The molecule has 1 heterocycles. The highest BCUT2D eigenvalue weighted by atomic mass is 16.2. The fourth-order valence-electron chi connectivity index (χ4n) is 1.46. The Balaban J connectivity index is 3.02. The van der Waals surface area contributed by atoms with E-state index in [1.807, 2.05) is 13.0 Å². The highest BCUT2D eigenvalue weighted by Gasteiger charge is 2.26. The molecular formula is C9H16B2N4O2. The van der Waals surface area contributed by atoms with Crippen molar-refractivity contribution >= 4 is 25.9 Å². The average Bonchev–Trinajstić information content (AvgIpc) is 2.20. The molecule has 0 aliphatic heterocycles. The first-order chi connectivity index (χ1) is 7.93. The van der Waals surface area contributed by atoms with Crippen LogP contribution in [0.1, 0.15) is 5.56 Å². The maximum absolute atomic E-state index is 9.48. The van der Waals surface area contributed by atoms with Crippen LogP contribution in [0.15, 0.2) is 23.3 Å². The van der Waals surface area contributed by atoms with Crippen LogP contribution >= 0.6 is 0 Å². The van der Waals surface area contributed by atoms with E-state index in [4.69, 9.17) is 5.73 Å². The van der Waals surface area contributed by atoms with E-state index in [2.05, 4.69) is 9.98 Å². The lowest BCUT2D eigenvalue weighted by atomic mass is 9.70. The first kappa shape index (κ1) is 13.5. The number of hydrogen-bond acceptors (Lipinski definition) is 4. The summed E-state index contributed by atoms with van der Waals surface area (Å²) in [7, 11) is -1.86. The summed E-state index contributed by atoms with van der Waals surface area (Å²) in [5.41, 5.74) is 6.60. The van der Waals surface area contributed by atoms with E-state index in [9.17, 15) is 10.0 Å². The number of nitrogens with zero attached hydrogens (tertiary/aromatic N) is 3. The van der Waals surface area contributed by atoms with Gasteiger partial charge in [-0.1, -0.05) is 6.07 Å². The summed E-state index contributed by atoms with van der Waals surface area (Å²) in [6, 6.07) is 3.65. The monoisotopic (exact) mass is 234 g/mol. The van der Waals surface area contributed by atoms with Crippen molar-refractivity contribution in [1.29, 1.82) is 0 Å². The van der Waals surface area contributed by atoms with Gasteiger partial charge in [0.2, 0.25) is 0 Å². The SMILES string of the molecule is CB(O)N(B(C)O)C(N)=Nc1ncccc1C. The number of guanidine groups is 1. The maximum atomic E-state index is 9.48. The zero-order valence-electron chi connectivity index (χ0n) is 10.2. The Morgan fingerprint density at radius 1 is 1.41 bits per heavy atom. The van der Waals surface area contributed by atoms with Crippen LogP contribution in [0.5, 0.6) is 0 Å². The van der Waals surface area contributed by atoms with Crippen molar-refractivity contribution in [3.63, 3.8) is 0 Å². The van der Waals surface area contributed by atoms with Crippen LogP contribution in [0, 0.1) is 6.92 Å². The van der Waals surface area contributed by atoms with E-state index in [0.717, 1.165) is 5.56 Å². The summed E-state index contributed by atoms with van der Waals surface area (Å²) >= 11 is 0. The highest BCUT2D eigenvalue weighted by Crippen LogP contribution is 2.13. The summed E-state index contributed by atoms with van der Waals surface area (Å²) in [6.45, 7) is 4.86. The number of rotatable bonds is 3. The van der Waals surface area contributed by atoms with Crippen LogP contribution in [0.25, 0.3) is 0 Å². The molecule has 1 aromatic heterocycles. The van der Waals surface area contributed by atoms with Crippen LogP contribution < -0.4 is 5.73 Å². The van der Waals surface area contributed by atoms with E-state index in [1.165, 1.54) is 18.4 Å². The molecule has 0 unspecified atom stereocenters. The van der Waals surface area contributed by atoms with Gasteiger partial charge in [-0.15, -0.1) is 0 Å². The van der Waals surface area contributed by atoms with Gasteiger partial charge in [-0.05, 0) is 32.2 Å². The highest BCUT2D eigenvalue weighted by molar-refractivity contribution is 6.67. The molecule has 8 heteroatoms. The molecule has 90 valence electrons. The van der Waals surface area contributed by atoms with Crippen LogP contribution in [-0.4, -0.2) is 39.8 Å². The van der Waals surface area contributed by atoms with Crippen molar-refractivity contribution in [2.75, 3.05) is 0 Å². The third kappa shape index (κ3) is 3.47. The molecule has 0 aliphatic rings. The first-order valence-corrected chi connectivity index (χ1v) is 5.33. The predicted molar refractivity (Wildman–Crippen MR) is 69.8 cm³/mol. The molecule has 1 aromatic rings. The standard InChI is InChI=1S/C9H16B2N4O2/c1-7-5-4-6-13-8(7)14-9(12)15(10(2)16)11(3)17/h4-6,16-17H,1-3H3,(H2,12,13,14). The molecule has 0 fully saturated rings. The molecule has 0 aliphatic carbocycles. The Hall–Kier alpha value is -1.53. The van der Waals surface area contributed by atoms with Crippen molar-refractivity contribution in [1.82, 2.24) is 9.71 Å². The summed E-state index contributed by atoms with van der Waals surface area (Å²) in [5.74, 6) is 0.494. The average molecular weight is 234 g/mol. The van der Waals surface area contributed by atoms with Gasteiger partial charge in [-0.25, -0.2) is 4.98 Å².